The van der Waals surface area contributed by atoms with Crippen molar-refractivity contribution in [3.05, 3.63) is 41.3 Å². The number of hydrogen-bond acceptors (Lipinski definition) is 7. The molecule has 2 rings (SSSR count). The minimum Gasteiger partial charge on any atom is -0.497 e. The molecule has 7 heteroatoms. The number of rotatable bonds is 7. The number of aldehydes is 1. The van der Waals surface area contributed by atoms with Gasteiger partial charge in [-0.05, 0) is 32.0 Å². The average molecular weight is 346 g/mol. The number of benzene rings is 1. The topological polar surface area (TPSA) is 101 Å². The lowest BCUT2D eigenvalue weighted by atomic mass is 9.86. The average Bonchev–Trinajstić information content (AvgIpc) is 2.60. The second-order valence-electron chi connectivity index (χ2n) is 6.16. The van der Waals surface area contributed by atoms with E-state index in [1.54, 1.807) is 32.0 Å². The van der Waals surface area contributed by atoms with E-state index in [4.69, 9.17) is 19.5 Å². The Hall–Kier alpha value is -2.56. The molecule has 2 unspecified atom stereocenters. The third-order valence-corrected chi connectivity index (χ3v) is 4.01. The van der Waals surface area contributed by atoms with Crippen LogP contribution >= 0.6 is 0 Å². The summed E-state index contributed by atoms with van der Waals surface area (Å²) in [6.07, 6.45) is 1.15. The highest BCUT2D eigenvalue weighted by Crippen LogP contribution is 2.40. The first-order chi connectivity index (χ1) is 11.9. The van der Waals surface area contributed by atoms with E-state index in [9.17, 15) is 9.90 Å². The van der Waals surface area contributed by atoms with Gasteiger partial charge in [-0.2, -0.15) is 5.26 Å². The molecule has 1 heterocycles. The van der Waals surface area contributed by atoms with Crippen LogP contribution < -0.4 is 10.1 Å². The van der Waals surface area contributed by atoms with Gasteiger partial charge in [-0.15, -0.1) is 0 Å². The lowest BCUT2D eigenvalue weighted by Gasteiger charge is -2.42. The summed E-state index contributed by atoms with van der Waals surface area (Å²) in [5.74, 6) is 1.09. The third kappa shape index (κ3) is 4.29. The van der Waals surface area contributed by atoms with Gasteiger partial charge in [0, 0.05) is 5.56 Å². The first kappa shape index (κ1) is 18.8. The van der Waals surface area contributed by atoms with Crippen LogP contribution in [0.3, 0.4) is 0 Å². The molecule has 0 fully saturated rings. The maximum Gasteiger partial charge on any atom is 0.157 e. The zero-order valence-electron chi connectivity index (χ0n) is 14.5. The molecular formula is C18H22N2O5. The summed E-state index contributed by atoms with van der Waals surface area (Å²) in [6, 6.07) is 6.74. The van der Waals surface area contributed by atoms with Crippen LogP contribution in [-0.2, 0) is 14.3 Å². The fourth-order valence-electron chi connectivity index (χ4n) is 2.64. The predicted octanol–water partition coefficient (Wildman–Crippen LogP) is 1.42. The van der Waals surface area contributed by atoms with Crippen molar-refractivity contribution in [3.63, 3.8) is 0 Å². The van der Waals surface area contributed by atoms with E-state index in [2.05, 4.69) is 11.4 Å². The number of nitrogens with zero attached hydrogens (tertiary/aromatic N) is 1. The standard InChI is InChI=1S/C18H22N2O5/c1-18(2)17(22)16(20-10-13(23-3)11-24-7-6-21)14-8-12(9-19)4-5-15(14)25-18/h4-6,8,11,16-17,20,22H,7,10H2,1-3H3/b13-11-. The largest absolute Gasteiger partial charge is 0.497 e. The van der Waals surface area contributed by atoms with Crippen molar-refractivity contribution in [1.82, 2.24) is 5.32 Å². The van der Waals surface area contributed by atoms with Crippen LogP contribution in [0.15, 0.2) is 30.2 Å². The van der Waals surface area contributed by atoms with Crippen LogP contribution in [-0.4, -0.2) is 43.4 Å². The van der Waals surface area contributed by atoms with Gasteiger partial charge in [-0.3, -0.25) is 4.79 Å². The molecule has 0 amide bonds. The van der Waals surface area contributed by atoms with Gasteiger partial charge >= 0.3 is 0 Å². The second kappa shape index (κ2) is 8.01. The molecule has 0 spiro atoms. The Morgan fingerprint density at radius 3 is 2.92 bits per heavy atom. The lowest BCUT2D eigenvalue weighted by Crippen LogP contribution is -2.52. The molecule has 1 aromatic rings. The molecule has 0 saturated heterocycles. The van der Waals surface area contributed by atoms with Gasteiger partial charge in [0.05, 0.1) is 31.3 Å². The molecule has 0 radical (unpaired) electrons. The molecule has 0 bridgehead atoms. The number of fused-ring (bicyclic) bond motifs is 1. The van der Waals surface area contributed by atoms with E-state index in [0.717, 1.165) is 0 Å². The van der Waals surface area contributed by atoms with Crippen LogP contribution in [0.25, 0.3) is 0 Å². The van der Waals surface area contributed by atoms with E-state index >= 15 is 0 Å². The number of hydrogen-bond donors (Lipinski definition) is 2. The van der Waals surface area contributed by atoms with Crippen molar-refractivity contribution in [1.29, 1.82) is 5.26 Å². The van der Waals surface area contributed by atoms with Crippen molar-refractivity contribution in [2.24, 2.45) is 0 Å². The SMILES string of the molecule is CO/C(=C\OCC=O)CNC1c2cc(C#N)ccc2OC(C)(C)C1O. The molecule has 7 nitrogen and oxygen atoms in total. The number of nitriles is 1. The number of aliphatic hydroxyl groups excluding tert-OH is 1. The molecule has 1 aliphatic heterocycles. The Morgan fingerprint density at radius 2 is 2.28 bits per heavy atom. The first-order valence-electron chi connectivity index (χ1n) is 7.85. The summed E-state index contributed by atoms with van der Waals surface area (Å²) in [7, 11) is 1.49. The summed E-state index contributed by atoms with van der Waals surface area (Å²) >= 11 is 0. The number of carbonyl (C=O) groups is 1. The lowest BCUT2D eigenvalue weighted by molar-refractivity contribution is -0.110. The van der Waals surface area contributed by atoms with Gasteiger partial charge in [-0.1, -0.05) is 0 Å². The number of nitrogens with one attached hydrogen (secondary N) is 1. The van der Waals surface area contributed by atoms with Gasteiger partial charge in [0.1, 0.15) is 36.1 Å². The molecule has 0 saturated carbocycles. The van der Waals surface area contributed by atoms with Crippen LogP contribution in [0.1, 0.15) is 31.0 Å². The number of aliphatic hydroxyl groups is 1. The Kier molecular flexibility index (Phi) is 6.02. The highest BCUT2D eigenvalue weighted by Gasteiger charge is 2.42. The third-order valence-electron chi connectivity index (χ3n) is 4.01. The molecule has 0 aliphatic carbocycles. The summed E-state index contributed by atoms with van der Waals surface area (Å²) in [5.41, 5.74) is 0.386. The second-order valence-corrected chi connectivity index (χ2v) is 6.16. The predicted molar refractivity (Wildman–Crippen MR) is 89.7 cm³/mol. The molecule has 1 aliphatic rings. The van der Waals surface area contributed by atoms with Crippen LogP contribution in [0.2, 0.25) is 0 Å². The molecule has 1 aromatic carbocycles. The van der Waals surface area contributed by atoms with Crippen LogP contribution in [0.5, 0.6) is 5.75 Å². The van der Waals surface area contributed by atoms with E-state index in [0.29, 0.717) is 28.9 Å². The summed E-state index contributed by atoms with van der Waals surface area (Å²) in [4.78, 5) is 10.3. The Bertz CT molecular complexity index is 693. The first-order valence-corrected chi connectivity index (χ1v) is 7.85. The Morgan fingerprint density at radius 1 is 1.52 bits per heavy atom. The zero-order valence-corrected chi connectivity index (χ0v) is 14.5. The molecule has 0 aromatic heterocycles. The maximum absolute atomic E-state index is 10.7. The number of carbonyl (C=O) groups excluding carboxylic acids is 1. The summed E-state index contributed by atoms with van der Waals surface area (Å²) in [5, 5.41) is 23.0. The van der Waals surface area contributed by atoms with E-state index < -0.39 is 17.7 Å². The van der Waals surface area contributed by atoms with Crippen molar-refractivity contribution < 1.29 is 24.1 Å². The number of methoxy groups -OCH3 is 1. The van der Waals surface area contributed by atoms with Crippen molar-refractivity contribution >= 4 is 6.29 Å². The van der Waals surface area contributed by atoms with Crippen molar-refractivity contribution in [2.45, 2.75) is 31.6 Å². The molecule has 2 N–H and O–H groups in total. The monoisotopic (exact) mass is 346 g/mol. The maximum atomic E-state index is 10.7. The normalized spacial score (nSPS) is 21.5. The minimum absolute atomic E-state index is 0.0614. The quantitative estimate of drug-likeness (QED) is 0.437. The fraction of sp³-hybridized carbons (Fsp3) is 0.444. The fourth-order valence-corrected chi connectivity index (χ4v) is 2.64. The van der Waals surface area contributed by atoms with Crippen LogP contribution in [0, 0.1) is 11.3 Å². The smallest absolute Gasteiger partial charge is 0.157 e. The molecule has 134 valence electrons. The zero-order chi connectivity index (χ0) is 18.4. The minimum atomic E-state index is -0.844. The van der Waals surface area contributed by atoms with E-state index in [1.165, 1.54) is 13.4 Å². The summed E-state index contributed by atoms with van der Waals surface area (Å²) < 4.78 is 16.1. The molecular weight excluding hydrogens is 324 g/mol. The van der Waals surface area contributed by atoms with Gasteiger partial charge in [-0.25, -0.2) is 0 Å². The van der Waals surface area contributed by atoms with Crippen molar-refractivity contribution in [2.75, 3.05) is 20.3 Å². The molecule has 2 atom stereocenters. The highest BCUT2D eigenvalue weighted by molar-refractivity contribution is 5.50. The van der Waals surface area contributed by atoms with Gasteiger partial charge in [0.2, 0.25) is 0 Å². The van der Waals surface area contributed by atoms with E-state index in [1.807, 2.05) is 0 Å². The summed E-state index contributed by atoms with van der Waals surface area (Å²) in [6.45, 7) is 3.80. The van der Waals surface area contributed by atoms with Crippen molar-refractivity contribution in [3.8, 4) is 11.8 Å². The Labute approximate surface area is 146 Å². The highest BCUT2D eigenvalue weighted by atomic mass is 16.5. The van der Waals surface area contributed by atoms with Gasteiger partial charge in [0.25, 0.3) is 0 Å². The Balaban J connectivity index is 2.24. The number of ether oxygens (including phenoxy) is 3. The van der Waals surface area contributed by atoms with Gasteiger partial charge in [0.15, 0.2) is 6.29 Å². The van der Waals surface area contributed by atoms with E-state index in [-0.39, 0.29) is 13.2 Å². The molecule has 25 heavy (non-hydrogen) atoms. The van der Waals surface area contributed by atoms with Crippen LogP contribution in [0.4, 0.5) is 0 Å². The van der Waals surface area contributed by atoms with Gasteiger partial charge < -0.3 is 24.6 Å².